The van der Waals surface area contributed by atoms with Crippen molar-refractivity contribution in [2.24, 2.45) is 0 Å². The van der Waals surface area contributed by atoms with Gasteiger partial charge >= 0.3 is 12.0 Å². The molecule has 0 bridgehead atoms. The summed E-state index contributed by atoms with van der Waals surface area (Å²) >= 11 is 0. The van der Waals surface area contributed by atoms with E-state index in [1.54, 1.807) is 38.1 Å². The SMILES string of the molecule is CCOC(=O)COc1ccc(/C=C2/NC(=O)N(CC)C2=O)cc1OCC. The van der Waals surface area contributed by atoms with Gasteiger partial charge in [-0.2, -0.15) is 0 Å². The van der Waals surface area contributed by atoms with E-state index >= 15 is 0 Å². The molecule has 1 aromatic rings. The van der Waals surface area contributed by atoms with Crippen molar-refractivity contribution in [2.75, 3.05) is 26.4 Å². The predicted octanol–water partition coefficient (Wildman–Crippen LogP) is 1.94. The zero-order chi connectivity index (χ0) is 19.1. The van der Waals surface area contributed by atoms with Crippen LogP contribution in [0.2, 0.25) is 0 Å². The van der Waals surface area contributed by atoms with Crippen LogP contribution in [0.15, 0.2) is 23.9 Å². The standard InChI is InChI=1S/C18H22N2O6/c1-4-20-17(22)13(19-18(20)23)9-12-7-8-14(15(10-12)24-5-2)26-11-16(21)25-6-3/h7-10H,4-6,11H2,1-3H3,(H,19,23)/b13-9+. The second kappa shape index (κ2) is 8.89. The number of hydrogen-bond acceptors (Lipinski definition) is 6. The quantitative estimate of drug-likeness (QED) is 0.431. The molecule has 0 aromatic heterocycles. The van der Waals surface area contributed by atoms with E-state index in [1.807, 2.05) is 6.92 Å². The molecule has 2 rings (SSSR count). The third-order valence-electron chi connectivity index (χ3n) is 3.51. The third-order valence-corrected chi connectivity index (χ3v) is 3.51. The highest BCUT2D eigenvalue weighted by molar-refractivity contribution is 6.13. The molecule has 8 nitrogen and oxygen atoms in total. The lowest BCUT2D eigenvalue weighted by Crippen LogP contribution is -2.30. The highest BCUT2D eigenvalue weighted by Gasteiger charge is 2.32. The Labute approximate surface area is 151 Å². The van der Waals surface area contributed by atoms with Crippen molar-refractivity contribution in [2.45, 2.75) is 20.8 Å². The predicted molar refractivity (Wildman–Crippen MR) is 93.6 cm³/mol. The number of esters is 1. The Balaban J connectivity index is 2.19. The molecule has 1 aliphatic heterocycles. The number of carbonyl (C=O) groups excluding carboxylic acids is 3. The number of nitrogens with zero attached hydrogens (tertiary/aromatic N) is 1. The lowest BCUT2D eigenvalue weighted by atomic mass is 10.1. The monoisotopic (exact) mass is 362 g/mol. The number of carbonyl (C=O) groups is 3. The molecule has 0 saturated carbocycles. The van der Waals surface area contributed by atoms with Crippen molar-refractivity contribution in [3.8, 4) is 11.5 Å². The normalized spacial score (nSPS) is 15.2. The number of urea groups is 1. The zero-order valence-electron chi connectivity index (χ0n) is 15.0. The summed E-state index contributed by atoms with van der Waals surface area (Å²) in [5.41, 5.74) is 0.845. The van der Waals surface area contributed by atoms with Gasteiger partial charge in [-0.3, -0.25) is 9.69 Å². The summed E-state index contributed by atoms with van der Waals surface area (Å²) in [6, 6.07) is 4.56. The van der Waals surface area contributed by atoms with Crippen LogP contribution in [0.25, 0.3) is 6.08 Å². The van der Waals surface area contributed by atoms with E-state index in [1.165, 1.54) is 0 Å². The summed E-state index contributed by atoms with van der Waals surface area (Å²) in [5.74, 6) is -0.0348. The number of hydrogen-bond donors (Lipinski definition) is 1. The molecule has 1 saturated heterocycles. The Morgan fingerprint density at radius 1 is 1.12 bits per heavy atom. The number of amides is 3. The minimum atomic E-state index is -0.472. The Kier molecular flexibility index (Phi) is 6.60. The molecule has 0 spiro atoms. The first-order valence-electron chi connectivity index (χ1n) is 8.39. The number of ether oxygens (including phenoxy) is 3. The van der Waals surface area contributed by atoms with Crippen molar-refractivity contribution >= 4 is 24.0 Å². The first-order chi connectivity index (χ1) is 12.5. The van der Waals surface area contributed by atoms with Crippen LogP contribution in [-0.4, -0.2) is 49.2 Å². The Morgan fingerprint density at radius 3 is 2.50 bits per heavy atom. The highest BCUT2D eigenvalue weighted by Crippen LogP contribution is 2.29. The Morgan fingerprint density at radius 2 is 1.88 bits per heavy atom. The summed E-state index contributed by atoms with van der Waals surface area (Å²) in [5, 5.41) is 2.54. The fourth-order valence-electron chi connectivity index (χ4n) is 2.37. The number of rotatable bonds is 8. The summed E-state index contributed by atoms with van der Waals surface area (Å²) in [4.78, 5) is 36.4. The Bertz CT molecular complexity index is 728. The van der Waals surface area contributed by atoms with Gasteiger partial charge in [0.1, 0.15) is 5.70 Å². The van der Waals surface area contributed by atoms with Crippen molar-refractivity contribution in [3.05, 3.63) is 29.5 Å². The molecule has 1 heterocycles. The van der Waals surface area contributed by atoms with Gasteiger partial charge in [0.05, 0.1) is 13.2 Å². The third kappa shape index (κ3) is 4.53. The minimum absolute atomic E-state index is 0.194. The van der Waals surface area contributed by atoms with Gasteiger partial charge in [0.2, 0.25) is 0 Å². The summed E-state index contributed by atoms with van der Waals surface area (Å²) in [6.45, 7) is 6.01. The van der Waals surface area contributed by atoms with Gasteiger partial charge in [0.15, 0.2) is 18.1 Å². The zero-order valence-corrected chi connectivity index (χ0v) is 15.0. The lowest BCUT2D eigenvalue weighted by Gasteiger charge is -2.12. The van der Waals surface area contributed by atoms with Crippen molar-refractivity contribution in [1.82, 2.24) is 10.2 Å². The molecule has 3 amide bonds. The summed E-state index contributed by atoms with van der Waals surface area (Å²) < 4.78 is 15.8. The van der Waals surface area contributed by atoms with Crippen LogP contribution in [0.4, 0.5) is 4.79 Å². The first-order valence-corrected chi connectivity index (χ1v) is 8.39. The lowest BCUT2D eigenvalue weighted by molar-refractivity contribution is -0.145. The fourth-order valence-corrected chi connectivity index (χ4v) is 2.37. The molecule has 0 aliphatic carbocycles. The van der Waals surface area contributed by atoms with Crippen LogP contribution in [0, 0.1) is 0 Å². The van der Waals surface area contributed by atoms with Gasteiger partial charge in [0, 0.05) is 6.54 Å². The topological polar surface area (TPSA) is 94.2 Å². The van der Waals surface area contributed by atoms with E-state index in [2.05, 4.69) is 5.32 Å². The first kappa shape index (κ1) is 19.3. The second-order valence-electron chi connectivity index (χ2n) is 5.27. The van der Waals surface area contributed by atoms with E-state index in [0.29, 0.717) is 30.2 Å². The van der Waals surface area contributed by atoms with Gasteiger partial charge in [-0.15, -0.1) is 0 Å². The van der Waals surface area contributed by atoms with Crippen molar-refractivity contribution in [3.63, 3.8) is 0 Å². The number of benzene rings is 1. The summed E-state index contributed by atoms with van der Waals surface area (Å²) in [7, 11) is 0. The molecular weight excluding hydrogens is 340 g/mol. The highest BCUT2D eigenvalue weighted by atomic mass is 16.6. The fraction of sp³-hybridized carbons (Fsp3) is 0.389. The van der Waals surface area contributed by atoms with Gasteiger partial charge in [-0.1, -0.05) is 6.07 Å². The van der Waals surface area contributed by atoms with Crippen LogP contribution in [0.5, 0.6) is 11.5 Å². The molecule has 1 N–H and O–H groups in total. The van der Waals surface area contributed by atoms with E-state index < -0.39 is 12.0 Å². The van der Waals surface area contributed by atoms with E-state index in [0.717, 1.165) is 4.90 Å². The smallest absolute Gasteiger partial charge is 0.344 e. The maximum atomic E-state index is 12.1. The maximum Gasteiger partial charge on any atom is 0.344 e. The van der Waals surface area contributed by atoms with Crippen LogP contribution in [-0.2, 0) is 14.3 Å². The minimum Gasteiger partial charge on any atom is -0.490 e. The van der Waals surface area contributed by atoms with Crippen LogP contribution >= 0.6 is 0 Å². The molecule has 0 radical (unpaired) electrons. The van der Waals surface area contributed by atoms with Gasteiger partial charge < -0.3 is 19.5 Å². The van der Waals surface area contributed by atoms with Gasteiger partial charge in [-0.05, 0) is 44.5 Å². The number of likely N-dealkylation sites (N-methyl/N-ethyl adjacent to an activating group) is 1. The van der Waals surface area contributed by atoms with Crippen LogP contribution in [0.3, 0.4) is 0 Å². The molecule has 1 aromatic carbocycles. The molecular formula is C18H22N2O6. The number of nitrogens with one attached hydrogen (secondary N) is 1. The molecule has 1 aliphatic rings. The second-order valence-corrected chi connectivity index (χ2v) is 5.27. The molecule has 140 valence electrons. The molecule has 0 unspecified atom stereocenters. The van der Waals surface area contributed by atoms with Crippen molar-refractivity contribution in [1.29, 1.82) is 0 Å². The Hall–Kier alpha value is -3.03. The molecule has 8 heteroatoms. The number of imide groups is 1. The van der Waals surface area contributed by atoms with E-state index in [4.69, 9.17) is 14.2 Å². The molecule has 1 fully saturated rings. The maximum absolute atomic E-state index is 12.1. The van der Waals surface area contributed by atoms with E-state index in [9.17, 15) is 14.4 Å². The van der Waals surface area contributed by atoms with Crippen molar-refractivity contribution < 1.29 is 28.6 Å². The average Bonchev–Trinajstić information content (AvgIpc) is 2.87. The summed E-state index contributed by atoms with van der Waals surface area (Å²) in [6.07, 6.45) is 1.56. The molecule has 26 heavy (non-hydrogen) atoms. The van der Waals surface area contributed by atoms with E-state index in [-0.39, 0.29) is 24.8 Å². The van der Waals surface area contributed by atoms with Crippen LogP contribution < -0.4 is 14.8 Å². The molecule has 0 atom stereocenters. The average molecular weight is 362 g/mol. The van der Waals surface area contributed by atoms with Gasteiger partial charge in [-0.25, -0.2) is 9.59 Å². The van der Waals surface area contributed by atoms with Crippen LogP contribution in [0.1, 0.15) is 26.3 Å². The largest absolute Gasteiger partial charge is 0.490 e. The van der Waals surface area contributed by atoms with Gasteiger partial charge in [0.25, 0.3) is 5.91 Å².